The van der Waals surface area contributed by atoms with Crippen LogP contribution in [-0.2, 0) is 16.0 Å². The van der Waals surface area contributed by atoms with E-state index in [0.717, 1.165) is 22.6 Å². The quantitative estimate of drug-likeness (QED) is 0.843. The number of nitrogens with zero attached hydrogens (tertiary/aromatic N) is 1. The lowest BCUT2D eigenvalue weighted by atomic mass is 10.1. The van der Waals surface area contributed by atoms with Crippen LogP contribution in [0.25, 0.3) is 0 Å². The van der Waals surface area contributed by atoms with Crippen LogP contribution in [0.3, 0.4) is 0 Å². The van der Waals surface area contributed by atoms with Crippen molar-refractivity contribution in [2.75, 3.05) is 25.5 Å². The number of benzene rings is 2. The lowest BCUT2D eigenvalue weighted by molar-refractivity contribution is -0.132. The Labute approximate surface area is 148 Å². The first-order chi connectivity index (χ1) is 12.0. The van der Waals surface area contributed by atoms with E-state index in [4.69, 9.17) is 4.74 Å². The van der Waals surface area contributed by atoms with Crippen LogP contribution in [0, 0.1) is 6.92 Å². The smallest absolute Gasteiger partial charge is 0.243 e. The topological polar surface area (TPSA) is 58.6 Å². The highest BCUT2D eigenvalue weighted by Crippen LogP contribution is 2.13. The normalized spacial score (nSPS) is 10.2. The fourth-order valence-corrected chi connectivity index (χ4v) is 2.54. The largest absolute Gasteiger partial charge is 0.497 e. The Hall–Kier alpha value is -2.82. The second-order valence-electron chi connectivity index (χ2n) is 5.96. The molecule has 0 fully saturated rings. The lowest BCUT2D eigenvalue weighted by Crippen LogP contribution is -2.38. The van der Waals surface area contributed by atoms with E-state index in [1.165, 1.54) is 6.92 Å². The van der Waals surface area contributed by atoms with Crippen LogP contribution >= 0.6 is 0 Å². The number of rotatable bonds is 7. The molecule has 5 nitrogen and oxygen atoms in total. The maximum atomic E-state index is 12.2. The maximum Gasteiger partial charge on any atom is 0.243 e. The molecule has 0 aliphatic heterocycles. The Morgan fingerprint density at radius 3 is 2.56 bits per heavy atom. The molecule has 0 saturated carbocycles. The number of carbonyl (C=O) groups excluding carboxylic acids is 2. The first kappa shape index (κ1) is 18.5. The summed E-state index contributed by atoms with van der Waals surface area (Å²) in [5, 5.41) is 2.83. The number of hydrogen-bond donors (Lipinski definition) is 1. The third-order valence-corrected chi connectivity index (χ3v) is 3.89. The summed E-state index contributed by atoms with van der Waals surface area (Å²) in [6.07, 6.45) is 0.661. The van der Waals surface area contributed by atoms with Gasteiger partial charge in [0.2, 0.25) is 11.8 Å². The van der Waals surface area contributed by atoms with E-state index < -0.39 is 0 Å². The Kier molecular flexibility index (Phi) is 6.57. The zero-order valence-electron chi connectivity index (χ0n) is 14.9. The van der Waals surface area contributed by atoms with Gasteiger partial charge in [-0.15, -0.1) is 0 Å². The van der Waals surface area contributed by atoms with Gasteiger partial charge in [-0.1, -0.05) is 24.3 Å². The summed E-state index contributed by atoms with van der Waals surface area (Å²) in [7, 11) is 1.62. The van der Waals surface area contributed by atoms with Crippen LogP contribution in [0.15, 0.2) is 48.5 Å². The summed E-state index contributed by atoms with van der Waals surface area (Å²) in [6.45, 7) is 3.95. The molecule has 132 valence electrons. The molecule has 0 spiro atoms. The van der Waals surface area contributed by atoms with Crippen LogP contribution < -0.4 is 10.1 Å². The molecule has 0 aliphatic carbocycles. The molecule has 2 aromatic rings. The monoisotopic (exact) mass is 340 g/mol. The Bertz CT molecular complexity index is 743. The number of ether oxygens (including phenoxy) is 1. The number of carbonyl (C=O) groups is 2. The van der Waals surface area contributed by atoms with E-state index in [9.17, 15) is 9.59 Å². The molecule has 1 N–H and O–H groups in total. The van der Waals surface area contributed by atoms with Crippen molar-refractivity contribution in [2.45, 2.75) is 20.3 Å². The second kappa shape index (κ2) is 8.87. The van der Waals surface area contributed by atoms with Gasteiger partial charge in [0.1, 0.15) is 5.75 Å². The molecule has 5 heteroatoms. The lowest BCUT2D eigenvalue weighted by Gasteiger charge is -2.20. The van der Waals surface area contributed by atoms with Crippen molar-refractivity contribution < 1.29 is 14.3 Å². The van der Waals surface area contributed by atoms with Gasteiger partial charge < -0.3 is 15.0 Å². The van der Waals surface area contributed by atoms with Gasteiger partial charge in [0.05, 0.1) is 13.7 Å². The average Bonchev–Trinajstić information content (AvgIpc) is 2.58. The van der Waals surface area contributed by atoms with Gasteiger partial charge in [-0.25, -0.2) is 0 Å². The number of hydrogen-bond acceptors (Lipinski definition) is 3. The zero-order chi connectivity index (χ0) is 18.2. The highest BCUT2D eigenvalue weighted by molar-refractivity contribution is 5.94. The van der Waals surface area contributed by atoms with E-state index in [-0.39, 0.29) is 18.4 Å². The minimum Gasteiger partial charge on any atom is -0.497 e. The van der Waals surface area contributed by atoms with Crippen molar-refractivity contribution in [2.24, 2.45) is 0 Å². The van der Waals surface area contributed by atoms with Crippen LogP contribution in [0.4, 0.5) is 5.69 Å². The summed E-state index contributed by atoms with van der Waals surface area (Å²) in [4.78, 5) is 25.6. The molecule has 0 saturated heterocycles. The van der Waals surface area contributed by atoms with Gasteiger partial charge in [-0.05, 0) is 48.7 Å². The fourth-order valence-electron chi connectivity index (χ4n) is 2.54. The van der Waals surface area contributed by atoms with E-state index in [1.54, 1.807) is 12.0 Å². The van der Waals surface area contributed by atoms with Crippen molar-refractivity contribution in [1.82, 2.24) is 4.90 Å². The molecule has 2 rings (SSSR count). The minimum atomic E-state index is -0.202. The van der Waals surface area contributed by atoms with Crippen molar-refractivity contribution >= 4 is 17.5 Å². The molecular weight excluding hydrogens is 316 g/mol. The predicted octanol–water partition coefficient (Wildman–Crippen LogP) is 3.03. The molecule has 2 amide bonds. The van der Waals surface area contributed by atoms with Crippen molar-refractivity contribution in [3.05, 3.63) is 59.7 Å². The first-order valence-electron chi connectivity index (χ1n) is 8.23. The summed E-state index contributed by atoms with van der Waals surface area (Å²) < 4.78 is 5.21. The molecule has 0 radical (unpaired) electrons. The third kappa shape index (κ3) is 5.95. The predicted molar refractivity (Wildman–Crippen MR) is 98.8 cm³/mol. The summed E-state index contributed by atoms with van der Waals surface area (Å²) >= 11 is 0. The molecule has 0 atom stereocenters. The number of amides is 2. The van der Waals surface area contributed by atoms with Crippen molar-refractivity contribution in [3.8, 4) is 5.75 Å². The van der Waals surface area contributed by atoms with Gasteiger partial charge in [0.15, 0.2) is 0 Å². The maximum absolute atomic E-state index is 12.2. The van der Waals surface area contributed by atoms with Crippen LogP contribution in [0.2, 0.25) is 0 Å². The average molecular weight is 340 g/mol. The highest BCUT2D eigenvalue weighted by atomic mass is 16.5. The molecule has 0 aliphatic rings. The van der Waals surface area contributed by atoms with E-state index in [1.807, 2.05) is 55.5 Å². The van der Waals surface area contributed by atoms with E-state index in [2.05, 4.69) is 5.32 Å². The van der Waals surface area contributed by atoms with Crippen molar-refractivity contribution in [1.29, 1.82) is 0 Å². The Morgan fingerprint density at radius 2 is 1.88 bits per heavy atom. The molecule has 0 heterocycles. The fraction of sp³-hybridized carbons (Fsp3) is 0.300. The van der Waals surface area contributed by atoms with Gasteiger partial charge in [0, 0.05) is 19.2 Å². The number of anilines is 1. The number of aryl methyl sites for hydroxylation is 1. The van der Waals surface area contributed by atoms with Crippen LogP contribution in [0.1, 0.15) is 18.1 Å². The van der Waals surface area contributed by atoms with Gasteiger partial charge in [-0.2, -0.15) is 0 Å². The van der Waals surface area contributed by atoms with Gasteiger partial charge in [-0.3, -0.25) is 9.59 Å². The molecular formula is C20H24N2O3. The van der Waals surface area contributed by atoms with Gasteiger partial charge in [0.25, 0.3) is 0 Å². The summed E-state index contributed by atoms with van der Waals surface area (Å²) in [6, 6.07) is 15.3. The number of methoxy groups -OCH3 is 1. The molecule has 25 heavy (non-hydrogen) atoms. The zero-order valence-corrected chi connectivity index (χ0v) is 14.9. The van der Waals surface area contributed by atoms with Gasteiger partial charge >= 0.3 is 0 Å². The Morgan fingerprint density at radius 1 is 1.12 bits per heavy atom. The van der Waals surface area contributed by atoms with Crippen LogP contribution in [-0.4, -0.2) is 36.9 Å². The van der Waals surface area contributed by atoms with E-state index in [0.29, 0.717) is 13.0 Å². The molecule has 0 unspecified atom stereocenters. The first-order valence-corrected chi connectivity index (χ1v) is 8.23. The van der Waals surface area contributed by atoms with E-state index >= 15 is 0 Å². The SMILES string of the molecule is COc1cccc(CCN(CC(=O)Nc2cccc(C)c2)C(C)=O)c1. The summed E-state index contributed by atoms with van der Waals surface area (Å²) in [5.41, 5.74) is 2.87. The minimum absolute atomic E-state index is 0.0350. The number of nitrogens with one attached hydrogen (secondary N) is 1. The molecule has 2 aromatic carbocycles. The van der Waals surface area contributed by atoms with Crippen molar-refractivity contribution in [3.63, 3.8) is 0 Å². The molecule has 0 aromatic heterocycles. The highest BCUT2D eigenvalue weighted by Gasteiger charge is 2.14. The standard InChI is InChI=1S/C20H24N2O3/c1-15-6-4-8-18(12-15)21-20(24)14-22(16(2)23)11-10-17-7-5-9-19(13-17)25-3/h4-9,12-13H,10-11,14H2,1-3H3,(H,21,24). The third-order valence-electron chi connectivity index (χ3n) is 3.89. The Balaban J connectivity index is 1.93. The molecule has 0 bridgehead atoms. The summed E-state index contributed by atoms with van der Waals surface area (Å²) in [5.74, 6) is 0.456. The second-order valence-corrected chi connectivity index (χ2v) is 5.96. The van der Waals surface area contributed by atoms with Crippen LogP contribution in [0.5, 0.6) is 5.75 Å².